The molecule has 1 aliphatic carbocycles. The van der Waals surface area contributed by atoms with Crippen LogP contribution in [0.25, 0.3) is 6.08 Å². The summed E-state index contributed by atoms with van der Waals surface area (Å²) in [5, 5.41) is 0. The lowest BCUT2D eigenvalue weighted by Gasteiger charge is -2.29. The van der Waals surface area contributed by atoms with Gasteiger partial charge in [-0.15, -0.1) is 0 Å². The summed E-state index contributed by atoms with van der Waals surface area (Å²) >= 11 is 0. The van der Waals surface area contributed by atoms with Crippen molar-refractivity contribution in [3.63, 3.8) is 0 Å². The Morgan fingerprint density at radius 3 is 2.50 bits per heavy atom. The van der Waals surface area contributed by atoms with Crippen molar-refractivity contribution in [1.82, 2.24) is 0 Å². The number of esters is 1. The predicted octanol–water partition coefficient (Wildman–Crippen LogP) is 4.67. The van der Waals surface area contributed by atoms with E-state index in [1.54, 1.807) is 0 Å². The number of carbonyl (C=O) groups excluding carboxylic acids is 1. The van der Waals surface area contributed by atoms with E-state index in [2.05, 4.69) is 6.08 Å². The summed E-state index contributed by atoms with van der Waals surface area (Å²) in [7, 11) is 0. The molecule has 0 heterocycles. The molecule has 1 atom stereocenters. The van der Waals surface area contributed by atoms with E-state index in [1.807, 2.05) is 74.5 Å². The summed E-state index contributed by atoms with van der Waals surface area (Å²) in [5.41, 5.74) is 2.53. The second-order valence-corrected chi connectivity index (χ2v) is 6.12. The van der Waals surface area contributed by atoms with Crippen molar-refractivity contribution in [3.8, 4) is 0 Å². The van der Waals surface area contributed by atoms with Crippen LogP contribution in [0.4, 0.5) is 0 Å². The highest BCUT2D eigenvalue weighted by Crippen LogP contribution is 2.33. The molecule has 3 rings (SSSR count). The minimum atomic E-state index is -0.631. The molecule has 0 spiro atoms. The lowest BCUT2D eigenvalue weighted by Crippen LogP contribution is -2.29. The average Bonchev–Trinajstić information content (AvgIpc) is 2.54. The lowest BCUT2D eigenvalue weighted by molar-refractivity contribution is -0.159. The summed E-state index contributed by atoms with van der Waals surface area (Å²) < 4.78 is 5.85. The van der Waals surface area contributed by atoms with Gasteiger partial charge in [0.15, 0.2) is 0 Å². The summed E-state index contributed by atoms with van der Waals surface area (Å²) in [5.74, 6) is -0.380. The molecule has 0 saturated carbocycles. The van der Waals surface area contributed by atoms with Crippen LogP contribution in [-0.4, -0.2) is 5.97 Å². The van der Waals surface area contributed by atoms with Gasteiger partial charge in [-0.3, -0.25) is 4.79 Å². The van der Waals surface area contributed by atoms with Gasteiger partial charge < -0.3 is 4.74 Å². The van der Waals surface area contributed by atoms with Gasteiger partial charge in [0, 0.05) is 0 Å². The highest BCUT2D eigenvalue weighted by Gasteiger charge is 2.31. The SMILES string of the molecule is CC(C)(OC(=O)C1CC=Cc2ccccc21)c1ccccc1. The number of carbonyl (C=O) groups is 1. The first-order valence-corrected chi connectivity index (χ1v) is 7.62. The molecule has 2 nitrogen and oxygen atoms in total. The third kappa shape index (κ3) is 2.82. The highest BCUT2D eigenvalue weighted by molar-refractivity contribution is 5.82. The summed E-state index contributed by atoms with van der Waals surface area (Å²) in [6, 6.07) is 17.9. The van der Waals surface area contributed by atoms with Crippen LogP contribution < -0.4 is 0 Å². The molecule has 2 aromatic carbocycles. The van der Waals surface area contributed by atoms with Gasteiger partial charge in [-0.2, -0.15) is 0 Å². The van der Waals surface area contributed by atoms with Crippen molar-refractivity contribution >= 4 is 12.0 Å². The van der Waals surface area contributed by atoms with Crippen LogP contribution in [0, 0.1) is 0 Å². The van der Waals surface area contributed by atoms with Crippen molar-refractivity contribution in [2.24, 2.45) is 0 Å². The maximum atomic E-state index is 12.7. The molecule has 0 bridgehead atoms. The number of ether oxygens (including phenoxy) is 1. The van der Waals surface area contributed by atoms with Crippen molar-refractivity contribution in [1.29, 1.82) is 0 Å². The maximum absolute atomic E-state index is 12.7. The monoisotopic (exact) mass is 292 g/mol. The second kappa shape index (κ2) is 5.80. The maximum Gasteiger partial charge on any atom is 0.314 e. The highest BCUT2D eigenvalue weighted by atomic mass is 16.6. The van der Waals surface area contributed by atoms with Crippen LogP contribution in [0.2, 0.25) is 0 Å². The number of rotatable bonds is 3. The van der Waals surface area contributed by atoms with E-state index in [9.17, 15) is 4.79 Å². The molecule has 112 valence electrons. The van der Waals surface area contributed by atoms with Gasteiger partial charge >= 0.3 is 5.97 Å². The Hall–Kier alpha value is -2.35. The first-order chi connectivity index (χ1) is 10.6. The molecule has 0 amide bonds. The Morgan fingerprint density at radius 1 is 1.05 bits per heavy atom. The van der Waals surface area contributed by atoms with Gasteiger partial charge in [-0.1, -0.05) is 66.7 Å². The molecule has 0 fully saturated rings. The van der Waals surface area contributed by atoms with Crippen molar-refractivity contribution < 1.29 is 9.53 Å². The summed E-state index contributed by atoms with van der Waals surface area (Å²) in [6.07, 6.45) is 4.81. The standard InChI is InChI=1S/C20H20O2/c1-20(2,16-11-4-3-5-12-16)22-19(21)18-14-8-10-15-9-6-7-13-17(15)18/h3-13,18H,14H2,1-2H3. The molecular formula is C20H20O2. The zero-order chi connectivity index (χ0) is 15.6. The Bertz CT molecular complexity index is 699. The van der Waals surface area contributed by atoms with E-state index in [-0.39, 0.29) is 11.9 Å². The van der Waals surface area contributed by atoms with E-state index in [0.29, 0.717) is 6.42 Å². The fraction of sp³-hybridized carbons (Fsp3) is 0.250. The molecule has 1 aliphatic rings. The van der Waals surface area contributed by atoms with Crippen LogP contribution >= 0.6 is 0 Å². The van der Waals surface area contributed by atoms with E-state index < -0.39 is 5.60 Å². The van der Waals surface area contributed by atoms with Crippen LogP contribution in [0.5, 0.6) is 0 Å². The van der Waals surface area contributed by atoms with Gasteiger partial charge in [-0.05, 0) is 37.0 Å². The van der Waals surface area contributed by atoms with Crippen LogP contribution in [0.15, 0.2) is 60.7 Å². The van der Waals surface area contributed by atoms with E-state index in [0.717, 1.165) is 16.7 Å². The minimum Gasteiger partial charge on any atom is -0.454 e. The Kier molecular flexibility index (Phi) is 3.84. The lowest BCUT2D eigenvalue weighted by atomic mass is 9.87. The molecule has 2 heteroatoms. The predicted molar refractivity (Wildman–Crippen MR) is 88.4 cm³/mol. The zero-order valence-electron chi connectivity index (χ0n) is 13.0. The van der Waals surface area contributed by atoms with Gasteiger partial charge in [0.05, 0.1) is 5.92 Å². The Morgan fingerprint density at radius 2 is 1.73 bits per heavy atom. The van der Waals surface area contributed by atoms with Crippen molar-refractivity contribution in [2.75, 3.05) is 0 Å². The van der Waals surface area contributed by atoms with Crippen LogP contribution in [0.3, 0.4) is 0 Å². The molecular weight excluding hydrogens is 272 g/mol. The van der Waals surface area contributed by atoms with Crippen LogP contribution in [-0.2, 0) is 15.1 Å². The third-order valence-corrected chi connectivity index (χ3v) is 4.15. The molecule has 0 aromatic heterocycles. The van der Waals surface area contributed by atoms with E-state index >= 15 is 0 Å². The van der Waals surface area contributed by atoms with Crippen molar-refractivity contribution in [3.05, 3.63) is 77.4 Å². The molecule has 22 heavy (non-hydrogen) atoms. The minimum absolute atomic E-state index is 0.161. The Balaban J connectivity index is 1.82. The van der Waals surface area contributed by atoms with E-state index in [4.69, 9.17) is 4.74 Å². The first kappa shape index (κ1) is 14.6. The smallest absolute Gasteiger partial charge is 0.314 e. The average molecular weight is 292 g/mol. The molecule has 1 unspecified atom stereocenters. The van der Waals surface area contributed by atoms with Gasteiger partial charge in [0.2, 0.25) is 0 Å². The summed E-state index contributed by atoms with van der Waals surface area (Å²) in [4.78, 5) is 12.7. The number of hydrogen-bond acceptors (Lipinski definition) is 2. The topological polar surface area (TPSA) is 26.3 Å². The molecule has 0 radical (unpaired) electrons. The first-order valence-electron chi connectivity index (χ1n) is 7.62. The van der Waals surface area contributed by atoms with Gasteiger partial charge in [-0.25, -0.2) is 0 Å². The summed E-state index contributed by atoms with van der Waals surface area (Å²) in [6.45, 7) is 3.87. The van der Waals surface area contributed by atoms with Crippen molar-refractivity contribution in [2.45, 2.75) is 31.8 Å². The van der Waals surface area contributed by atoms with Gasteiger partial charge in [0.1, 0.15) is 5.60 Å². The zero-order valence-corrected chi connectivity index (χ0v) is 13.0. The van der Waals surface area contributed by atoms with Crippen LogP contribution in [0.1, 0.15) is 42.9 Å². The van der Waals surface area contributed by atoms with E-state index in [1.165, 1.54) is 0 Å². The molecule has 0 saturated heterocycles. The fourth-order valence-corrected chi connectivity index (χ4v) is 2.88. The third-order valence-electron chi connectivity index (χ3n) is 4.15. The fourth-order valence-electron chi connectivity index (χ4n) is 2.88. The normalized spacial score (nSPS) is 16.9. The molecule has 0 aliphatic heterocycles. The molecule has 0 N–H and O–H groups in total. The number of allylic oxidation sites excluding steroid dienone is 1. The van der Waals surface area contributed by atoms with Gasteiger partial charge in [0.25, 0.3) is 0 Å². The number of hydrogen-bond donors (Lipinski definition) is 0. The number of fused-ring (bicyclic) bond motifs is 1. The molecule has 2 aromatic rings. The number of benzene rings is 2. The largest absolute Gasteiger partial charge is 0.454 e. The quantitative estimate of drug-likeness (QED) is 0.769. The Labute approximate surface area is 131 Å². The second-order valence-electron chi connectivity index (χ2n) is 6.12.